The number of aromatic nitrogens is 3. The fourth-order valence-corrected chi connectivity index (χ4v) is 4.23. The lowest BCUT2D eigenvalue weighted by Gasteiger charge is -2.05. The van der Waals surface area contributed by atoms with E-state index in [9.17, 15) is 4.79 Å². The van der Waals surface area contributed by atoms with Gasteiger partial charge in [0.25, 0.3) is 5.91 Å². The van der Waals surface area contributed by atoms with Crippen LogP contribution in [0.3, 0.4) is 0 Å². The number of thioether (sulfide) groups is 1. The normalized spacial score (nSPS) is 11.0. The molecule has 2 N–H and O–H groups in total. The number of para-hydroxylation sites is 2. The van der Waals surface area contributed by atoms with Crippen molar-refractivity contribution in [3.05, 3.63) is 75.7 Å². The van der Waals surface area contributed by atoms with Gasteiger partial charge in [0, 0.05) is 22.4 Å². The highest BCUT2D eigenvalue weighted by atomic mass is 32.2. The van der Waals surface area contributed by atoms with Gasteiger partial charge in [0.15, 0.2) is 5.16 Å². The van der Waals surface area contributed by atoms with Crippen LogP contribution in [0.15, 0.2) is 59.9 Å². The molecule has 0 bridgehead atoms. The van der Waals surface area contributed by atoms with E-state index in [1.165, 1.54) is 0 Å². The van der Waals surface area contributed by atoms with Crippen LogP contribution in [0, 0.1) is 6.92 Å². The molecular formula is C20H18N4OS2. The molecule has 2 heterocycles. The Morgan fingerprint density at radius 2 is 2.00 bits per heavy atom. The lowest BCUT2D eigenvalue weighted by molar-refractivity contribution is 0.0951. The maximum Gasteiger partial charge on any atom is 0.251 e. The molecule has 0 aliphatic rings. The molecule has 4 aromatic rings. The predicted octanol–water partition coefficient (Wildman–Crippen LogP) is 4.55. The number of aryl methyl sites for hydroxylation is 1. The summed E-state index contributed by atoms with van der Waals surface area (Å²) in [5.74, 6) is 0.722. The minimum absolute atomic E-state index is 0.0717. The van der Waals surface area contributed by atoms with Gasteiger partial charge in [-0.25, -0.2) is 9.97 Å². The Labute approximate surface area is 165 Å². The molecule has 7 heteroatoms. The number of thiazole rings is 1. The van der Waals surface area contributed by atoms with Gasteiger partial charge in [0.05, 0.1) is 22.6 Å². The number of benzene rings is 2. The number of aromatic amines is 1. The number of imidazole rings is 1. The smallest absolute Gasteiger partial charge is 0.251 e. The molecule has 0 saturated carbocycles. The Morgan fingerprint density at radius 3 is 2.74 bits per heavy atom. The number of amides is 1. The molecule has 27 heavy (non-hydrogen) atoms. The fraction of sp³-hybridized carbons (Fsp3) is 0.150. The molecule has 0 spiro atoms. The van der Waals surface area contributed by atoms with Crippen LogP contribution in [0.2, 0.25) is 0 Å². The standard InChI is InChI=1S/C20H18N4OS2/c1-13-21-10-16(27-13)11-22-19(25)15-8-6-14(7-9-15)12-26-20-23-17-4-2-3-5-18(17)24-20/h2-10H,11-12H2,1H3,(H,22,25)(H,23,24). The van der Waals surface area contributed by atoms with Gasteiger partial charge in [0.1, 0.15) is 0 Å². The van der Waals surface area contributed by atoms with Crippen LogP contribution in [0.1, 0.15) is 25.8 Å². The minimum Gasteiger partial charge on any atom is -0.347 e. The molecule has 2 aromatic carbocycles. The number of fused-ring (bicyclic) bond motifs is 1. The van der Waals surface area contributed by atoms with Gasteiger partial charge in [0.2, 0.25) is 0 Å². The van der Waals surface area contributed by atoms with E-state index in [1.54, 1.807) is 29.3 Å². The quantitative estimate of drug-likeness (QED) is 0.471. The predicted molar refractivity (Wildman–Crippen MR) is 110 cm³/mol. The van der Waals surface area contributed by atoms with Crippen LogP contribution < -0.4 is 5.32 Å². The van der Waals surface area contributed by atoms with Crippen molar-refractivity contribution in [1.29, 1.82) is 0 Å². The average Bonchev–Trinajstić information content (AvgIpc) is 3.30. The van der Waals surface area contributed by atoms with Crippen molar-refractivity contribution in [3.8, 4) is 0 Å². The van der Waals surface area contributed by atoms with Gasteiger partial charge < -0.3 is 10.3 Å². The SMILES string of the molecule is Cc1ncc(CNC(=O)c2ccc(CSc3nc4ccccc4[nH]3)cc2)s1. The summed E-state index contributed by atoms with van der Waals surface area (Å²) in [7, 11) is 0. The minimum atomic E-state index is -0.0717. The molecule has 0 aliphatic heterocycles. The number of rotatable bonds is 6. The van der Waals surface area contributed by atoms with E-state index in [4.69, 9.17) is 0 Å². The zero-order valence-electron chi connectivity index (χ0n) is 14.7. The van der Waals surface area contributed by atoms with Gasteiger partial charge in [-0.05, 0) is 36.8 Å². The molecule has 0 saturated heterocycles. The van der Waals surface area contributed by atoms with Gasteiger partial charge in [-0.2, -0.15) is 0 Å². The maximum atomic E-state index is 12.3. The number of carbonyl (C=O) groups excluding carboxylic acids is 1. The topological polar surface area (TPSA) is 70.7 Å². The Bertz CT molecular complexity index is 1040. The summed E-state index contributed by atoms with van der Waals surface area (Å²) in [6.07, 6.45) is 1.80. The van der Waals surface area contributed by atoms with E-state index in [1.807, 2.05) is 55.5 Å². The molecule has 0 radical (unpaired) electrons. The van der Waals surface area contributed by atoms with E-state index in [2.05, 4.69) is 20.3 Å². The highest BCUT2D eigenvalue weighted by Crippen LogP contribution is 2.23. The van der Waals surface area contributed by atoms with E-state index in [0.29, 0.717) is 12.1 Å². The molecule has 5 nitrogen and oxygen atoms in total. The third-order valence-corrected chi connectivity index (χ3v) is 5.91. The summed E-state index contributed by atoms with van der Waals surface area (Å²) < 4.78 is 0. The molecule has 1 amide bonds. The van der Waals surface area contributed by atoms with Crippen LogP contribution in [-0.2, 0) is 12.3 Å². The second-order valence-electron chi connectivity index (χ2n) is 6.07. The third-order valence-electron chi connectivity index (χ3n) is 4.05. The van der Waals surface area contributed by atoms with Gasteiger partial charge >= 0.3 is 0 Å². The first-order valence-corrected chi connectivity index (χ1v) is 10.3. The molecule has 0 unspecified atom stereocenters. The lowest BCUT2D eigenvalue weighted by atomic mass is 10.1. The second-order valence-corrected chi connectivity index (χ2v) is 8.36. The van der Waals surface area contributed by atoms with Crippen molar-refractivity contribution in [2.45, 2.75) is 24.4 Å². The largest absolute Gasteiger partial charge is 0.347 e. The molecular weight excluding hydrogens is 376 g/mol. The van der Waals surface area contributed by atoms with Crippen LogP contribution in [0.25, 0.3) is 11.0 Å². The Balaban J connectivity index is 1.33. The zero-order valence-corrected chi connectivity index (χ0v) is 16.4. The van der Waals surface area contributed by atoms with Crippen molar-refractivity contribution in [2.75, 3.05) is 0 Å². The van der Waals surface area contributed by atoms with Crippen LogP contribution in [0.5, 0.6) is 0 Å². The fourth-order valence-electron chi connectivity index (χ4n) is 2.66. The van der Waals surface area contributed by atoms with Crippen molar-refractivity contribution >= 4 is 40.0 Å². The van der Waals surface area contributed by atoms with Crippen molar-refractivity contribution < 1.29 is 4.79 Å². The Hall–Kier alpha value is -2.64. The van der Waals surface area contributed by atoms with Crippen molar-refractivity contribution in [2.24, 2.45) is 0 Å². The molecule has 0 fully saturated rings. The first-order valence-electron chi connectivity index (χ1n) is 8.53. The van der Waals surface area contributed by atoms with Crippen molar-refractivity contribution in [3.63, 3.8) is 0 Å². The summed E-state index contributed by atoms with van der Waals surface area (Å²) in [6, 6.07) is 15.7. The van der Waals surface area contributed by atoms with E-state index in [0.717, 1.165) is 37.4 Å². The summed E-state index contributed by atoms with van der Waals surface area (Å²) >= 11 is 3.25. The third kappa shape index (κ3) is 4.37. The maximum absolute atomic E-state index is 12.3. The molecule has 0 aliphatic carbocycles. The highest BCUT2D eigenvalue weighted by Gasteiger charge is 2.07. The number of hydrogen-bond donors (Lipinski definition) is 2. The van der Waals surface area contributed by atoms with Crippen LogP contribution >= 0.6 is 23.1 Å². The van der Waals surface area contributed by atoms with E-state index < -0.39 is 0 Å². The Kier molecular flexibility index (Phi) is 5.22. The molecule has 0 atom stereocenters. The summed E-state index contributed by atoms with van der Waals surface area (Å²) in [4.78, 5) is 25.4. The number of hydrogen-bond acceptors (Lipinski definition) is 5. The second kappa shape index (κ2) is 7.94. The lowest BCUT2D eigenvalue weighted by Crippen LogP contribution is -2.22. The molecule has 136 valence electrons. The summed E-state index contributed by atoms with van der Waals surface area (Å²) in [6.45, 7) is 2.46. The molecule has 2 aromatic heterocycles. The van der Waals surface area contributed by atoms with E-state index in [-0.39, 0.29) is 5.91 Å². The van der Waals surface area contributed by atoms with Crippen LogP contribution in [-0.4, -0.2) is 20.9 Å². The number of H-pyrrole nitrogens is 1. The van der Waals surface area contributed by atoms with Crippen molar-refractivity contribution in [1.82, 2.24) is 20.3 Å². The van der Waals surface area contributed by atoms with Gasteiger partial charge in [-0.3, -0.25) is 4.79 Å². The number of nitrogens with one attached hydrogen (secondary N) is 2. The number of carbonyl (C=O) groups is 1. The van der Waals surface area contributed by atoms with Gasteiger partial charge in [-0.15, -0.1) is 11.3 Å². The first kappa shape index (κ1) is 17.8. The van der Waals surface area contributed by atoms with E-state index >= 15 is 0 Å². The highest BCUT2D eigenvalue weighted by molar-refractivity contribution is 7.98. The first-order chi connectivity index (χ1) is 13.2. The Morgan fingerprint density at radius 1 is 1.19 bits per heavy atom. The average molecular weight is 395 g/mol. The van der Waals surface area contributed by atoms with Crippen LogP contribution in [0.4, 0.5) is 0 Å². The number of nitrogens with zero attached hydrogens (tertiary/aromatic N) is 2. The molecule has 4 rings (SSSR count). The summed E-state index contributed by atoms with van der Waals surface area (Å²) in [5.41, 5.74) is 3.83. The summed E-state index contributed by atoms with van der Waals surface area (Å²) in [5, 5.41) is 4.84. The van der Waals surface area contributed by atoms with Gasteiger partial charge in [-0.1, -0.05) is 36.0 Å². The zero-order chi connectivity index (χ0) is 18.6. The monoisotopic (exact) mass is 394 g/mol.